The lowest BCUT2D eigenvalue weighted by Gasteiger charge is -2.50. The first kappa shape index (κ1) is 47.2. The molecule has 61 heavy (non-hydrogen) atoms. The number of hydrogen-bond acceptors (Lipinski definition) is 14. The SMILES string of the molecule is CO[C@H]1C[C@H](O[C@H]2[C@@H](Cl)OCC(O[C@H]3/C(C)=C/C[C@@H]4C[C@@H](C[C@]5(CC[C@H](C)[C@@H](C(C)C)O5)O4)OC(=O)[C@@H]4C=C(C)[C@@H](O)C5OC/C(=C\C=C\[C@@H]3C)C54O)[C@@H]2OC)O[C@@H](C)[C@@H]1O. The van der Waals surface area contributed by atoms with Crippen LogP contribution in [0.1, 0.15) is 87.0 Å². The molecule has 0 amide bonds. The number of aliphatic hydroxyl groups is 3. The second-order valence-electron chi connectivity index (χ2n) is 18.9. The van der Waals surface area contributed by atoms with E-state index in [-0.39, 0.29) is 43.7 Å². The molecule has 14 nitrogen and oxygen atoms in total. The van der Waals surface area contributed by atoms with Gasteiger partial charge in [0.25, 0.3) is 0 Å². The van der Waals surface area contributed by atoms with E-state index in [1.54, 1.807) is 40.2 Å². The van der Waals surface area contributed by atoms with Gasteiger partial charge in [-0.3, -0.25) is 4.79 Å². The van der Waals surface area contributed by atoms with Crippen LogP contribution in [0.2, 0.25) is 0 Å². The van der Waals surface area contributed by atoms with Crippen LogP contribution in [0.5, 0.6) is 0 Å². The van der Waals surface area contributed by atoms with Gasteiger partial charge in [-0.25, -0.2) is 0 Å². The maximum atomic E-state index is 14.3. The van der Waals surface area contributed by atoms with E-state index in [1.807, 2.05) is 26.0 Å². The van der Waals surface area contributed by atoms with Crippen molar-refractivity contribution in [3.05, 3.63) is 47.1 Å². The van der Waals surface area contributed by atoms with Crippen LogP contribution in [0.4, 0.5) is 0 Å². The average Bonchev–Trinajstić information content (AvgIpc) is 3.56. The summed E-state index contributed by atoms with van der Waals surface area (Å²) in [4.78, 5) is 14.3. The molecule has 7 aliphatic rings. The molecule has 1 spiro atoms. The van der Waals surface area contributed by atoms with Crippen molar-refractivity contribution >= 4 is 17.6 Å². The number of aliphatic hydroxyl groups excluding tert-OH is 2. The molecule has 3 unspecified atom stereocenters. The highest BCUT2D eigenvalue weighted by Gasteiger charge is 2.60. The molecule has 1 aliphatic carbocycles. The van der Waals surface area contributed by atoms with Gasteiger partial charge in [-0.05, 0) is 62.2 Å². The predicted molar refractivity (Wildman–Crippen MR) is 223 cm³/mol. The van der Waals surface area contributed by atoms with Crippen molar-refractivity contribution in [2.75, 3.05) is 27.4 Å². The Kier molecular flexibility index (Phi) is 15.0. The maximum Gasteiger partial charge on any atom is 0.316 e. The number of fused-ring (bicyclic) bond motifs is 2. The summed E-state index contributed by atoms with van der Waals surface area (Å²) in [5.41, 5.74) is -0.767. The molecule has 5 saturated heterocycles. The number of alkyl halides is 1. The van der Waals surface area contributed by atoms with Gasteiger partial charge in [0.05, 0.1) is 43.7 Å². The molecule has 3 N–H and O–H groups in total. The normalized spacial score (nSPS) is 49.6. The van der Waals surface area contributed by atoms with Crippen molar-refractivity contribution in [3.63, 3.8) is 0 Å². The first-order valence-corrected chi connectivity index (χ1v) is 22.7. The maximum absolute atomic E-state index is 14.3. The highest BCUT2D eigenvalue weighted by molar-refractivity contribution is 6.20. The van der Waals surface area contributed by atoms with Gasteiger partial charge < -0.3 is 62.7 Å². The summed E-state index contributed by atoms with van der Waals surface area (Å²) in [5, 5.41) is 34.3. The van der Waals surface area contributed by atoms with Crippen molar-refractivity contribution in [2.45, 2.75) is 183 Å². The van der Waals surface area contributed by atoms with E-state index in [9.17, 15) is 20.1 Å². The van der Waals surface area contributed by atoms with Crippen LogP contribution in [0.15, 0.2) is 47.1 Å². The Morgan fingerprint density at radius 1 is 0.951 bits per heavy atom. The molecule has 19 atom stereocenters. The topological polar surface area (TPSA) is 170 Å². The number of esters is 1. The van der Waals surface area contributed by atoms with E-state index in [2.05, 4.69) is 26.8 Å². The third-order valence-electron chi connectivity index (χ3n) is 14.1. The number of carbonyl (C=O) groups excluding carboxylic acids is 1. The standard InChI is InChI=1S/C46H69ClO14/c1-23(2)38-26(5)15-16-45(61-38)20-31-18-30(60-45)14-13-25(4)39(24(3)11-10-12-29-21-54-42-36(48)27(6)17-32(44(50)57-31)46(29,42)51)58-34-22-55-43(47)41(40(34)53-9)59-35-19-33(52-8)37(49)28(7)56-35/h10-13,17,23-24,26,28,30-43,48-49,51H,14-16,18-22H2,1-9H3/b11-10+,25-13+,29-12+/t24-,26-,28-,30+,31-,32-,33-,34?,35-,36+,37-,38+,39+,40-,41+,42?,43-,45+,46?/m0/s1. The summed E-state index contributed by atoms with van der Waals surface area (Å²) >= 11 is 6.76. The Hall–Kier alpha value is -1.76. The van der Waals surface area contributed by atoms with E-state index in [1.165, 1.54) is 0 Å². The Morgan fingerprint density at radius 3 is 2.44 bits per heavy atom. The molecular formula is C46H69ClO14. The predicted octanol–water partition coefficient (Wildman–Crippen LogP) is 5.04. The Morgan fingerprint density at radius 2 is 1.72 bits per heavy atom. The number of hydrogen-bond donors (Lipinski definition) is 3. The van der Waals surface area contributed by atoms with Gasteiger partial charge in [0.2, 0.25) is 0 Å². The third-order valence-corrected chi connectivity index (χ3v) is 14.5. The molecule has 6 aliphatic heterocycles. The molecular weight excluding hydrogens is 812 g/mol. The minimum Gasteiger partial charge on any atom is -0.462 e. The van der Waals surface area contributed by atoms with Crippen LogP contribution in [-0.2, 0) is 52.2 Å². The smallest absolute Gasteiger partial charge is 0.316 e. The first-order valence-electron chi connectivity index (χ1n) is 22.2. The van der Waals surface area contributed by atoms with Crippen LogP contribution in [0, 0.1) is 23.7 Å². The van der Waals surface area contributed by atoms with Crippen molar-refractivity contribution < 1.29 is 67.5 Å². The van der Waals surface area contributed by atoms with Crippen molar-refractivity contribution in [1.29, 1.82) is 0 Å². The third kappa shape index (κ3) is 9.64. The van der Waals surface area contributed by atoms with Crippen LogP contribution < -0.4 is 0 Å². The summed E-state index contributed by atoms with van der Waals surface area (Å²) in [6.45, 7) is 14.2. The van der Waals surface area contributed by atoms with Gasteiger partial charge >= 0.3 is 5.97 Å². The lowest BCUT2D eigenvalue weighted by Crippen LogP contribution is -2.58. The molecule has 2 bridgehead atoms. The van der Waals surface area contributed by atoms with Crippen LogP contribution in [-0.4, -0.2) is 145 Å². The van der Waals surface area contributed by atoms with Crippen LogP contribution in [0.3, 0.4) is 0 Å². The van der Waals surface area contributed by atoms with Crippen LogP contribution in [0.25, 0.3) is 0 Å². The fourth-order valence-corrected chi connectivity index (χ4v) is 10.9. The van der Waals surface area contributed by atoms with Crippen molar-refractivity contribution in [3.8, 4) is 0 Å². The van der Waals surface area contributed by atoms with E-state index in [0.29, 0.717) is 42.7 Å². The van der Waals surface area contributed by atoms with Crippen molar-refractivity contribution in [2.24, 2.45) is 23.7 Å². The molecule has 0 aromatic carbocycles. The molecule has 0 aromatic heterocycles. The fourth-order valence-electron chi connectivity index (χ4n) is 10.6. The van der Waals surface area contributed by atoms with E-state index < -0.39 is 96.2 Å². The zero-order valence-electron chi connectivity index (χ0n) is 37.1. The average molecular weight is 881 g/mol. The summed E-state index contributed by atoms with van der Waals surface area (Å²) in [6, 6.07) is 0. The molecule has 344 valence electrons. The summed E-state index contributed by atoms with van der Waals surface area (Å²) in [7, 11) is 3.13. The monoisotopic (exact) mass is 880 g/mol. The largest absolute Gasteiger partial charge is 0.462 e. The zero-order chi connectivity index (χ0) is 44.0. The summed E-state index contributed by atoms with van der Waals surface area (Å²) in [6.07, 6.45) is 4.25. The second kappa shape index (κ2) is 19.4. The van der Waals surface area contributed by atoms with Crippen molar-refractivity contribution in [1.82, 2.24) is 0 Å². The molecule has 5 fully saturated rings. The second-order valence-corrected chi connectivity index (χ2v) is 19.3. The molecule has 7 rings (SSSR count). The number of methoxy groups -OCH3 is 2. The number of carbonyl (C=O) groups is 1. The summed E-state index contributed by atoms with van der Waals surface area (Å²) in [5.74, 6) is -2.27. The molecule has 0 aromatic rings. The zero-order valence-corrected chi connectivity index (χ0v) is 37.9. The fraction of sp³-hybridized carbons (Fsp3) is 0.804. The number of ether oxygens (including phenoxy) is 10. The number of allylic oxidation sites excluding steroid dienone is 2. The highest BCUT2D eigenvalue weighted by atomic mass is 35.5. The molecule has 0 radical (unpaired) electrons. The van der Waals surface area contributed by atoms with Gasteiger partial charge in [-0.2, -0.15) is 0 Å². The lowest BCUT2D eigenvalue weighted by atomic mass is 9.71. The highest BCUT2D eigenvalue weighted by Crippen LogP contribution is 2.48. The quantitative estimate of drug-likeness (QED) is 0.177. The minimum absolute atomic E-state index is 0.0231. The van der Waals surface area contributed by atoms with E-state index >= 15 is 0 Å². The van der Waals surface area contributed by atoms with E-state index in [4.69, 9.17) is 59.0 Å². The molecule has 6 heterocycles. The van der Waals surface area contributed by atoms with E-state index in [0.717, 1.165) is 12.0 Å². The van der Waals surface area contributed by atoms with Gasteiger partial charge in [0, 0.05) is 45.8 Å². The minimum atomic E-state index is -1.84. The van der Waals surface area contributed by atoms with Gasteiger partial charge in [-0.1, -0.05) is 69.7 Å². The van der Waals surface area contributed by atoms with Gasteiger partial charge in [-0.15, -0.1) is 0 Å². The molecule has 15 heteroatoms. The summed E-state index contributed by atoms with van der Waals surface area (Å²) < 4.78 is 63.3. The van der Waals surface area contributed by atoms with Crippen LogP contribution >= 0.6 is 11.6 Å². The number of halogens is 1. The van der Waals surface area contributed by atoms with Gasteiger partial charge in [0.15, 0.2) is 17.6 Å². The molecule has 0 saturated carbocycles. The first-order chi connectivity index (χ1) is 29.0. The van der Waals surface area contributed by atoms with Gasteiger partial charge in [0.1, 0.15) is 54.2 Å². The lowest BCUT2D eigenvalue weighted by molar-refractivity contribution is -0.340. The Balaban J connectivity index is 1.21. The Labute approximate surface area is 365 Å². The Bertz CT molecular complexity index is 1670. The number of rotatable bonds is 7.